The van der Waals surface area contributed by atoms with Gasteiger partial charge in [-0.2, -0.15) is 18.3 Å². The molecule has 7 nitrogen and oxygen atoms in total. The van der Waals surface area contributed by atoms with Gasteiger partial charge >= 0.3 is 6.18 Å². The number of aromatic nitrogens is 3. The molecule has 14 heteroatoms. The zero-order chi connectivity index (χ0) is 21.1. The van der Waals surface area contributed by atoms with Crippen LogP contribution in [-0.2, 0) is 17.5 Å². The van der Waals surface area contributed by atoms with Crippen molar-refractivity contribution in [1.82, 2.24) is 20.1 Å². The predicted octanol–water partition coefficient (Wildman–Crippen LogP) is 4.20. The van der Waals surface area contributed by atoms with Crippen LogP contribution in [0.25, 0.3) is 0 Å². The number of nitrogens with one attached hydrogen (secondary N) is 2. The molecule has 0 aliphatic carbocycles. The summed E-state index contributed by atoms with van der Waals surface area (Å²) in [5.74, 6) is -0.919. The minimum atomic E-state index is -4.78. The van der Waals surface area contributed by atoms with Crippen LogP contribution in [0.2, 0.25) is 15.3 Å². The van der Waals surface area contributed by atoms with Gasteiger partial charge in [-0.3, -0.25) is 4.79 Å². The van der Waals surface area contributed by atoms with Crippen LogP contribution in [-0.4, -0.2) is 47.0 Å². The minimum absolute atomic E-state index is 0.0150. The van der Waals surface area contributed by atoms with E-state index in [9.17, 15) is 18.0 Å². The Bertz CT molecular complexity index is 843. The molecule has 0 bridgehead atoms. The van der Waals surface area contributed by atoms with E-state index in [-0.39, 0.29) is 40.2 Å². The summed E-state index contributed by atoms with van der Waals surface area (Å²) in [5.41, 5.74) is -1.26. The van der Waals surface area contributed by atoms with Crippen molar-refractivity contribution in [2.24, 2.45) is 0 Å². The average molecular weight is 481 g/mol. The number of nitrogens with zero attached hydrogens (tertiary/aromatic N) is 3. The van der Waals surface area contributed by atoms with Crippen LogP contribution < -0.4 is 10.6 Å². The molecule has 2 aromatic rings. The smallest absolute Gasteiger partial charge is 0.383 e. The fraction of sp³-hybridized carbons (Fsp3) is 0.500. The summed E-state index contributed by atoms with van der Waals surface area (Å²) in [6.45, 7) is 2.15. The molecule has 2 aromatic heterocycles. The number of methoxy groups -OCH3 is 1. The number of hydrogen-bond donors (Lipinski definition) is 2. The number of hydrogen-bond acceptors (Lipinski definition) is 6. The number of amides is 1. The third kappa shape index (κ3) is 5.63. The molecule has 0 aliphatic rings. The first kappa shape index (κ1) is 23.0. The summed E-state index contributed by atoms with van der Waals surface area (Å²) >= 11 is 18.1. The summed E-state index contributed by atoms with van der Waals surface area (Å²) in [5, 5.41) is 9.11. The molecule has 0 fully saturated rings. The lowest BCUT2D eigenvalue weighted by molar-refractivity contribution is -0.141. The lowest BCUT2D eigenvalue weighted by atomic mass is 10.3. The number of carbonyl (C=O) groups excluding carboxylic acids is 1. The zero-order valence-electron chi connectivity index (χ0n) is 14.5. The average Bonchev–Trinajstić information content (AvgIpc) is 3.13. The first-order valence-corrected chi connectivity index (χ1v) is 9.68. The Kier molecular flexibility index (Phi) is 7.80. The van der Waals surface area contributed by atoms with E-state index in [0.29, 0.717) is 11.3 Å². The number of ether oxygens (including phenoxy) is 1. The van der Waals surface area contributed by atoms with Crippen LogP contribution in [0.3, 0.4) is 0 Å². The van der Waals surface area contributed by atoms with Crippen LogP contribution in [0.15, 0.2) is 0 Å². The molecule has 28 heavy (non-hydrogen) atoms. The van der Waals surface area contributed by atoms with E-state index in [4.69, 9.17) is 39.5 Å². The normalized spacial score (nSPS) is 12.9. The fourth-order valence-corrected chi connectivity index (χ4v) is 3.58. The van der Waals surface area contributed by atoms with Crippen LogP contribution in [0.5, 0.6) is 0 Å². The van der Waals surface area contributed by atoms with Gasteiger partial charge in [-0.05, 0) is 6.92 Å². The summed E-state index contributed by atoms with van der Waals surface area (Å²) in [6, 6.07) is -0.620. The molecule has 1 amide bonds. The Morgan fingerprint density at radius 3 is 2.57 bits per heavy atom. The van der Waals surface area contributed by atoms with E-state index in [0.717, 1.165) is 0 Å². The van der Waals surface area contributed by atoms with E-state index < -0.39 is 28.7 Å². The molecule has 1 atom stereocenters. The molecule has 0 radical (unpaired) electrons. The molecule has 0 aliphatic heterocycles. The third-order valence-electron chi connectivity index (χ3n) is 3.31. The van der Waals surface area contributed by atoms with Crippen LogP contribution >= 0.6 is 46.1 Å². The van der Waals surface area contributed by atoms with Crippen molar-refractivity contribution in [3.63, 3.8) is 0 Å². The van der Waals surface area contributed by atoms with Gasteiger partial charge in [0.1, 0.15) is 15.1 Å². The SMILES string of the molecule is COCCNc1nc(C(F)(F)F)c(C(=O)N[C@@H](C)Cn2nc(Cl)c(Cl)c2Cl)s1. The molecule has 2 heterocycles. The second-order valence-electron chi connectivity index (χ2n) is 5.57. The molecular formula is C14H15Cl3F3N5O2S. The predicted molar refractivity (Wildman–Crippen MR) is 102 cm³/mol. The molecule has 0 unspecified atom stereocenters. The van der Waals surface area contributed by atoms with E-state index in [1.165, 1.54) is 11.8 Å². The van der Waals surface area contributed by atoms with Gasteiger partial charge in [0.25, 0.3) is 5.91 Å². The third-order valence-corrected chi connectivity index (χ3v) is 5.52. The van der Waals surface area contributed by atoms with Crippen LogP contribution in [0.1, 0.15) is 22.3 Å². The van der Waals surface area contributed by atoms with Gasteiger partial charge in [-0.25, -0.2) is 9.67 Å². The fourth-order valence-electron chi connectivity index (χ4n) is 2.11. The Morgan fingerprint density at radius 2 is 2.04 bits per heavy atom. The highest BCUT2D eigenvalue weighted by Crippen LogP contribution is 2.36. The number of halogens is 6. The second-order valence-corrected chi connectivity index (χ2v) is 7.66. The van der Waals surface area contributed by atoms with Crippen LogP contribution in [0.4, 0.5) is 18.3 Å². The van der Waals surface area contributed by atoms with E-state index in [1.54, 1.807) is 6.92 Å². The number of thiazole rings is 1. The molecule has 0 saturated heterocycles. The topological polar surface area (TPSA) is 81.1 Å². The van der Waals surface area contributed by atoms with Gasteiger partial charge in [0.15, 0.2) is 16.0 Å². The molecule has 156 valence electrons. The Labute approximate surface area is 177 Å². The highest BCUT2D eigenvalue weighted by Gasteiger charge is 2.40. The summed E-state index contributed by atoms with van der Waals surface area (Å²) in [7, 11) is 1.46. The number of rotatable bonds is 8. The maximum absolute atomic E-state index is 13.2. The van der Waals surface area contributed by atoms with Gasteiger partial charge in [-0.1, -0.05) is 46.1 Å². The second kappa shape index (κ2) is 9.49. The molecule has 0 spiro atoms. The van der Waals surface area contributed by atoms with Crippen molar-refractivity contribution in [3.8, 4) is 0 Å². The first-order valence-electron chi connectivity index (χ1n) is 7.73. The lowest BCUT2D eigenvalue weighted by Crippen LogP contribution is -2.36. The van der Waals surface area contributed by atoms with Crippen molar-refractivity contribution in [1.29, 1.82) is 0 Å². The van der Waals surface area contributed by atoms with Gasteiger partial charge in [-0.15, -0.1) is 0 Å². The van der Waals surface area contributed by atoms with Gasteiger partial charge in [0, 0.05) is 19.7 Å². The first-order chi connectivity index (χ1) is 13.0. The van der Waals surface area contributed by atoms with Crippen molar-refractivity contribution < 1.29 is 22.7 Å². The number of anilines is 1. The Balaban J connectivity index is 2.14. The van der Waals surface area contributed by atoms with Gasteiger partial charge in [0.2, 0.25) is 0 Å². The standard InChI is InChI=1S/C14H15Cl3F3N5O2S/c1-6(5-25-11(17)7(15)10(16)24-25)22-12(26)8-9(14(18,19)20)23-13(28-8)21-3-4-27-2/h6H,3-5H2,1-2H3,(H,21,23)(H,22,26)/t6-/m0/s1. The lowest BCUT2D eigenvalue weighted by Gasteiger charge is -2.14. The van der Waals surface area contributed by atoms with E-state index >= 15 is 0 Å². The summed E-state index contributed by atoms with van der Waals surface area (Å²) in [6.07, 6.45) is -4.78. The highest BCUT2D eigenvalue weighted by atomic mass is 35.5. The van der Waals surface area contributed by atoms with Crippen molar-refractivity contribution in [3.05, 3.63) is 25.9 Å². The monoisotopic (exact) mass is 479 g/mol. The number of alkyl halides is 3. The largest absolute Gasteiger partial charge is 0.435 e. The Hall–Kier alpha value is -1.27. The molecular weight excluding hydrogens is 466 g/mol. The van der Waals surface area contributed by atoms with Crippen molar-refractivity contribution in [2.75, 3.05) is 25.6 Å². The molecule has 0 saturated carbocycles. The zero-order valence-corrected chi connectivity index (χ0v) is 17.6. The molecule has 2 N–H and O–H groups in total. The Morgan fingerprint density at radius 1 is 1.36 bits per heavy atom. The molecule has 0 aromatic carbocycles. The highest BCUT2D eigenvalue weighted by molar-refractivity contribution is 7.17. The maximum Gasteiger partial charge on any atom is 0.435 e. The number of carbonyl (C=O) groups is 1. The minimum Gasteiger partial charge on any atom is -0.383 e. The van der Waals surface area contributed by atoms with Crippen LogP contribution in [0, 0.1) is 0 Å². The van der Waals surface area contributed by atoms with E-state index in [2.05, 4.69) is 20.7 Å². The quantitative estimate of drug-likeness (QED) is 0.554. The van der Waals surface area contributed by atoms with Crippen molar-refractivity contribution in [2.45, 2.75) is 25.7 Å². The summed E-state index contributed by atoms with van der Waals surface area (Å²) < 4.78 is 45.8. The van der Waals surface area contributed by atoms with Gasteiger partial charge < -0.3 is 15.4 Å². The van der Waals surface area contributed by atoms with Gasteiger partial charge in [0.05, 0.1) is 13.2 Å². The molecule has 2 rings (SSSR count). The van der Waals surface area contributed by atoms with E-state index in [1.807, 2.05) is 0 Å². The maximum atomic E-state index is 13.2. The summed E-state index contributed by atoms with van der Waals surface area (Å²) in [4.78, 5) is 15.3. The van der Waals surface area contributed by atoms with Crippen molar-refractivity contribution >= 4 is 57.2 Å².